The first-order valence-electron chi connectivity index (χ1n) is 12.6. The summed E-state index contributed by atoms with van der Waals surface area (Å²) in [6.07, 6.45) is -3.42. The Kier molecular flexibility index (Phi) is 10.1. The van der Waals surface area contributed by atoms with Gasteiger partial charge in [-0.3, -0.25) is 9.10 Å². The molecule has 4 rings (SSSR count). The number of hydrazone groups is 1. The van der Waals surface area contributed by atoms with E-state index in [-0.39, 0.29) is 10.6 Å². The predicted molar refractivity (Wildman–Crippen MR) is 160 cm³/mol. The third kappa shape index (κ3) is 8.14. The number of rotatable bonds is 11. The van der Waals surface area contributed by atoms with Crippen molar-refractivity contribution in [2.45, 2.75) is 17.7 Å². The van der Waals surface area contributed by atoms with E-state index in [2.05, 4.69) is 26.5 Å². The summed E-state index contributed by atoms with van der Waals surface area (Å²) >= 11 is 3.45. The first-order valence-corrected chi connectivity index (χ1v) is 14.8. The molecule has 0 bridgehead atoms. The van der Waals surface area contributed by atoms with Gasteiger partial charge in [0.05, 0.1) is 33.9 Å². The summed E-state index contributed by atoms with van der Waals surface area (Å²) in [7, 11) is -2.95. The molecule has 0 radical (unpaired) electrons. The molecule has 13 heteroatoms. The fraction of sp³-hybridized carbons (Fsp3) is 0.133. The minimum absolute atomic E-state index is 0.199. The van der Waals surface area contributed by atoms with Gasteiger partial charge in [-0.1, -0.05) is 54.6 Å². The Morgan fingerprint density at radius 1 is 0.977 bits per heavy atom. The number of carbonyl (C=O) groups excluding carboxylic acids is 1. The van der Waals surface area contributed by atoms with Crippen LogP contribution < -0.4 is 19.2 Å². The minimum Gasteiger partial charge on any atom is -0.493 e. The Morgan fingerprint density at radius 2 is 1.65 bits per heavy atom. The number of benzene rings is 4. The van der Waals surface area contributed by atoms with Crippen LogP contribution in [0.3, 0.4) is 0 Å². The van der Waals surface area contributed by atoms with Crippen LogP contribution in [0.5, 0.6) is 11.5 Å². The van der Waals surface area contributed by atoms with Gasteiger partial charge in [0.1, 0.15) is 13.2 Å². The maximum absolute atomic E-state index is 13.4. The minimum atomic E-state index is -4.72. The number of halogens is 4. The normalized spacial score (nSPS) is 11.7. The van der Waals surface area contributed by atoms with E-state index in [9.17, 15) is 26.4 Å². The molecular formula is C30H25BrF3N3O5S. The summed E-state index contributed by atoms with van der Waals surface area (Å²) in [5, 5.41) is 3.90. The second-order valence-corrected chi connectivity index (χ2v) is 11.7. The van der Waals surface area contributed by atoms with Gasteiger partial charge in [-0.15, -0.1) is 0 Å². The van der Waals surface area contributed by atoms with Gasteiger partial charge in [0.2, 0.25) is 0 Å². The van der Waals surface area contributed by atoms with Gasteiger partial charge in [-0.25, -0.2) is 13.8 Å². The van der Waals surface area contributed by atoms with E-state index in [1.165, 1.54) is 43.7 Å². The lowest BCUT2D eigenvalue weighted by Gasteiger charge is -2.24. The van der Waals surface area contributed by atoms with Crippen LogP contribution in [0, 0.1) is 0 Å². The van der Waals surface area contributed by atoms with Crippen molar-refractivity contribution in [1.82, 2.24) is 5.43 Å². The Bertz CT molecular complexity index is 1700. The van der Waals surface area contributed by atoms with E-state index in [1.54, 1.807) is 18.2 Å². The number of amides is 1. The molecule has 1 amide bonds. The standard InChI is InChI=1S/C30H25BrF3N3O5S/c1-41-27-16-22(15-26(31)29(27)42-20-21-9-4-2-5-10-21)18-35-36-28(38)19-37(43(39,40)25-13-6-3-7-14-25)24-12-8-11-23(17-24)30(32,33)34/h2-18H,19-20H2,1H3,(H,36,38)/b35-18-. The number of ether oxygens (including phenoxy) is 2. The van der Waals surface area contributed by atoms with Gasteiger partial charge in [0, 0.05) is 0 Å². The summed E-state index contributed by atoms with van der Waals surface area (Å²) in [5.74, 6) is -0.0415. The Morgan fingerprint density at radius 3 is 2.30 bits per heavy atom. The number of hydrogen-bond donors (Lipinski definition) is 1. The Labute approximate surface area is 254 Å². The number of nitrogens with zero attached hydrogens (tertiary/aromatic N) is 2. The average Bonchev–Trinajstić information content (AvgIpc) is 2.99. The fourth-order valence-electron chi connectivity index (χ4n) is 3.90. The SMILES string of the molecule is COc1cc(/C=N\NC(=O)CN(c2cccc(C(F)(F)F)c2)S(=O)(=O)c2ccccc2)cc(Br)c1OCc1ccccc1. The smallest absolute Gasteiger partial charge is 0.416 e. The lowest BCUT2D eigenvalue weighted by Crippen LogP contribution is -2.39. The van der Waals surface area contributed by atoms with Crippen molar-refractivity contribution in [3.8, 4) is 11.5 Å². The maximum atomic E-state index is 13.4. The topological polar surface area (TPSA) is 97.3 Å². The van der Waals surface area contributed by atoms with Crippen molar-refractivity contribution in [3.05, 3.63) is 118 Å². The number of alkyl halides is 3. The van der Waals surface area contributed by atoms with Crippen LogP contribution in [-0.4, -0.2) is 34.2 Å². The molecule has 0 saturated heterocycles. The average molecular weight is 677 g/mol. The molecule has 4 aromatic carbocycles. The Hall–Kier alpha value is -4.36. The number of anilines is 1. The number of carbonyl (C=O) groups is 1. The molecule has 0 spiro atoms. The van der Waals surface area contributed by atoms with Crippen LogP contribution >= 0.6 is 15.9 Å². The van der Waals surface area contributed by atoms with Crippen LogP contribution in [0.2, 0.25) is 0 Å². The molecule has 0 aromatic heterocycles. The van der Waals surface area contributed by atoms with E-state index in [4.69, 9.17) is 9.47 Å². The van der Waals surface area contributed by atoms with E-state index < -0.39 is 34.2 Å². The van der Waals surface area contributed by atoms with E-state index in [1.807, 2.05) is 30.3 Å². The summed E-state index contributed by atoms with van der Waals surface area (Å²) in [6, 6.07) is 23.6. The van der Waals surface area contributed by atoms with Crippen molar-refractivity contribution < 1.29 is 35.9 Å². The van der Waals surface area contributed by atoms with Crippen molar-refractivity contribution >= 4 is 43.8 Å². The van der Waals surface area contributed by atoms with Crippen molar-refractivity contribution in [2.75, 3.05) is 18.0 Å². The van der Waals surface area contributed by atoms with Gasteiger partial charge < -0.3 is 9.47 Å². The molecular weight excluding hydrogens is 651 g/mol. The summed E-state index contributed by atoms with van der Waals surface area (Å²) in [4.78, 5) is 12.6. The zero-order valence-corrected chi connectivity index (χ0v) is 25.0. The molecule has 0 atom stereocenters. The van der Waals surface area contributed by atoms with Crippen molar-refractivity contribution in [3.63, 3.8) is 0 Å². The molecule has 0 aliphatic heterocycles. The maximum Gasteiger partial charge on any atom is 0.416 e. The van der Waals surface area contributed by atoms with E-state index in [0.29, 0.717) is 38.5 Å². The van der Waals surface area contributed by atoms with Gasteiger partial charge in [0.25, 0.3) is 15.9 Å². The third-order valence-electron chi connectivity index (χ3n) is 5.96. The van der Waals surface area contributed by atoms with Crippen LogP contribution in [0.4, 0.5) is 18.9 Å². The van der Waals surface area contributed by atoms with Crippen molar-refractivity contribution in [2.24, 2.45) is 5.10 Å². The van der Waals surface area contributed by atoms with E-state index >= 15 is 0 Å². The molecule has 0 fully saturated rings. The molecule has 0 saturated carbocycles. The largest absolute Gasteiger partial charge is 0.493 e. The molecule has 0 unspecified atom stereocenters. The molecule has 4 aromatic rings. The number of methoxy groups -OCH3 is 1. The fourth-order valence-corrected chi connectivity index (χ4v) is 5.91. The van der Waals surface area contributed by atoms with Gasteiger partial charge in [0.15, 0.2) is 11.5 Å². The summed E-state index contributed by atoms with van der Waals surface area (Å²) in [5.41, 5.74) is 2.29. The summed E-state index contributed by atoms with van der Waals surface area (Å²) < 4.78 is 79.5. The van der Waals surface area contributed by atoms with Crippen LogP contribution in [0.1, 0.15) is 16.7 Å². The zero-order valence-electron chi connectivity index (χ0n) is 22.6. The quantitative estimate of drug-likeness (QED) is 0.147. The molecule has 43 heavy (non-hydrogen) atoms. The Balaban J connectivity index is 1.52. The third-order valence-corrected chi connectivity index (χ3v) is 8.34. The highest BCUT2D eigenvalue weighted by Crippen LogP contribution is 2.37. The van der Waals surface area contributed by atoms with Crippen LogP contribution in [0.25, 0.3) is 0 Å². The molecule has 224 valence electrons. The van der Waals surface area contributed by atoms with E-state index in [0.717, 1.165) is 17.7 Å². The highest BCUT2D eigenvalue weighted by molar-refractivity contribution is 9.10. The first-order chi connectivity index (χ1) is 20.5. The van der Waals surface area contributed by atoms with Crippen molar-refractivity contribution in [1.29, 1.82) is 0 Å². The van der Waals surface area contributed by atoms with Gasteiger partial charge in [-0.2, -0.15) is 18.3 Å². The highest BCUT2D eigenvalue weighted by atomic mass is 79.9. The zero-order chi connectivity index (χ0) is 31.0. The lowest BCUT2D eigenvalue weighted by molar-refractivity contribution is -0.137. The monoisotopic (exact) mass is 675 g/mol. The predicted octanol–water partition coefficient (Wildman–Crippen LogP) is 6.40. The second kappa shape index (κ2) is 13.7. The second-order valence-electron chi connectivity index (χ2n) is 8.97. The van der Waals surface area contributed by atoms with Gasteiger partial charge >= 0.3 is 6.18 Å². The van der Waals surface area contributed by atoms with Gasteiger partial charge in [-0.05, 0) is 69.5 Å². The molecule has 8 nitrogen and oxygen atoms in total. The molecule has 0 heterocycles. The summed E-state index contributed by atoms with van der Waals surface area (Å²) in [6.45, 7) is -0.539. The molecule has 1 N–H and O–H groups in total. The van der Waals surface area contributed by atoms with Crippen LogP contribution in [-0.2, 0) is 27.6 Å². The highest BCUT2D eigenvalue weighted by Gasteiger charge is 2.33. The number of nitrogens with one attached hydrogen (secondary N) is 1. The number of sulfonamides is 1. The molecule has 0 aliphatic rings. The molecule has 0 aliphatic carbocycles. The van der Waals surface area contributed by atoms with Crippen LogP contribution in [0.15, 0.2) is 112 Å². The number of hydrogen-bond acceptors (Lipinski definition) is 6. The lowest BCUT2D eigenvalue weighted by atomic mass is 10.2. The first kappa shape index (κ1) is 31.6.